The summed E-state index contributed by atoms with van der Waals surface area (Å²) in [7, 11) is 0. The summed E-state index contributed by atoms with van der Waals surface area (Å²) in [6.45, 7) is 0.679. The van der Waals surface area contributed by atoms with Crippen molar-refractivity contribution >= 4 is 11.9 Å². The Morgan fingerprint density at radius 1 is 1.25 bits per heavy atom. The molecule has 0 spiro atoms. The molecule has 12 heavy (non-hydrogen) atoms. The number of piperidine rings is 1. The molecule has 5 nitrogen and oxygen atoms in total. The van der Waals surface area contributed by atoms with Crippen LogP contribution in [0.15, 0.2) is 0 Å². The van der Waals surface area contributed by atoms with E-state index in [9.17, 15) is 9.59 Å². The van der Waals surface area contributed by atoms with Gasteiger partial charge >= 0.3 is 11.9 Å². The minimum Gasteiger partial charge on any atom is -0.474 e. The van der Waals surface area contributed by atoms with Crippen LogP contribution in [-0.4, -0.2) is 46.2 Å². The first kappa shape index (κ1) is 8.99. The minimum atomic E-state index is -1.42. The number of carbonyl (C=O) groups is 2. The molecule has 5 heteroatoms. The number of likely N-dealkylation sites (tertiary alicyclic amines) is 1. The number of carbonyl (C=O) groups excluding carboxylic acids is 1. The lowest BCUT2D eigenvalue weighted by atomic mass is 10.1. The second kappa shape index (κ2) is 3.53. The van der Waals surface area contributed by atoms with Crippen molar-refractivity contribution in [3.8, 4) is 0 Å². The maximum absolute atomic E-state index is 10.8. The van der Waals surface area contributed by atoms with Crippen molar-refractivity contribution < 1.29 is 19.8 Å². The first-order valence-electron chi connectivity index (χ1n) is 3.81. The van der Waals surface area contributed by atoms with Crippen LogP contribution in [-0.2, 0) is 9.59 Å². The molecule has 1 fully saturated rings. The number of hydrogen-bond acceptors (Lipinski definition) is 3. The maximum atomic E-state index is 10.8. The molecule has 0 aromatic heterocycles. The monoisotopic (exact) mass is 173 g/mol. The van der Waals surface area contributed by atoms with Gasteiger partial charge < -0.3 is 15.1 Å². The Morgan fingerprint density at radius 3 is 2.17 bits per heavy atom. The first-order chi connectivity index (χ1) is 5.61. The maximum Gasteiger partial charge on any atom is 0.394 e. The van der Waals surface area contributed by atoms with Gasteiger partial charge in [-0.2, -0.15) is 0 Å². The van der Waals surface area contributed by atoms with E-state index in [1.807, 2.05) is 0 Å². The van der Waals surface area contributed by atoms with E-state index in [0.29, 0.717) is 25.9 Å². The van der Waals surface area contributed by atoms with Gasteiger partial charge in [0.25, 0.3) is 0 Å². The quantitative estimate of drug-likeness (QED) is 0.463. The Bertz CT molecular complexity index is 196. The predicted octanol–water partition coefficient (Wildman–Crippen LogP) is -0.946. The molecule has 1 rings (SSSR count). The van der Waals surface area contributed by atoms with Crippen LogP contribution in [0.25, 0.3) is 0 Å². The Kier molecular flexibility index (Phi) is 2.65. The zero-order valence-corrected chi connectivity index (χ0v) is 6.56. The van der Waals surface area contributed by atoms with Gasteiger partial charge in [-0.15, -0.1) is 0 Å². The highest BCUT2D eigenvalue weighted by Gasteiger charge is 2.25. The zero-order chi connectivity index (χ0) is 9.14. The first-order valence-corrected chi connectivity index (χ1v) is 3.81. The van der Waals surface area contributed by atoms with Crippen LogP contribution in [0.2, 0.25) is 0 Å². The lowest BCUT2D eigenvalue weighted by molar-refractivity contribution is -0.157. The summed E-state index contributed by atoms with van der Waals surface area (Å²) < 4.78 is 0. The highest BCUT2D eigenvalue weighted by Crippen LogP contribution is 2.09. The van der Waals surface area contributed by atoms with Crippen LogP contribution >= 0.6 is 0 Å². The number of carboxylic acids is 1. The average Bonchev–Trinajstić information content (AvgIpc) is 2.04. The van der Waals surface area contributed by atoms with E-state index in [4.69, 9.17) is 10.2 Å². The van der Waals surface area contributed by atoms with Crippen molar-refractivity contribution in [2.75, 3.05) is 13.1 Å². The summed E-state index contributed by atoms with van der Waals surface area (Å²) in [5, 5.41) is 17.4. The van der Waals surface area contributed by atoms with E-state index in [0.717, 1.165) is 0 Å². The number of carboxylic acid groups (broad SMARTS) is 1. The second-order valence-corrected chi connectivity index (χ2v) is 2.83. The number of aliphatic carboxylic acids is 1. The fourth-order valence-electron chi connectivity index (χ4n) is 1.20. The summed E-state index contributed by atoms with van der Waals surface area (Å²) >= 11 is 0. The number of aliphatic hydroxyl groups excluding tert-OH is 1. The number of aliphatic hydroxyl groups is 1. The molecule has 0 aromatic carbocycles. The molecular weight excluding hydrogens is 162 g/mol. The fraction of sp³-hybridized carbons (Fsp3) is 0.714. The van der Waals surface area contributed by atoms with Gasteiger partial charge in [0.2, 0.25) is 0 Å². The van der Waals surface area contributed by atoms with Gasteiger partial charge in [0, 0.05) is 13.1 Å². The smallest absolute Gasteiger partial charge is 0.394 e. The highest BCUT2D eigenvalue weighted by atomic mass is 16.4. The number of amides is 1. The molecule has 0 radical (unpaired) electrons. The largest absolute Gasteiger partial charge is 0.474 e. The summed E-state index contributed by atoms with van der Waals surface area (Å²) in [4.78, 5) is 22.3. The van der Waals surface area contributed by atoms with Crippen LogP contribution < -0.4 is 0 Å². The molecule has 1 aliphatic rings. The van der Waals surface area contributed by atoms with Crippen molar-refractivity contribution in [2.24, 2.45) is 0 Å². The molecular formula is C7H11NO4. The summed E-state index contributed by atoms with van der Waals surface area (Å²) in [5.41, 5.74) is 0. The third-order valence-electron chi connectivity index (χ3n) is 1.93. The SMILES string of the molecule is O=C(O)C(=O)N1CCC(O)CC1. The van der Waals surface area contributed by atoms with E-state index in [2.05, 4.69) is 0 Å². The van der Waals surface area contributed by atoms with Gasteiger partial charge in [0.1, 0.15) is 0 Å². The van der Waals surface area contributed by atoms with E-state index >= 15 is 0 Å². The van der Waals surface area contributed by atoms with Crippen LogP contribution in [0.4, 0.5) is 0 Å². The number of rotatable bonds is 0. The number of nitrogens with zero attached hydrogens (tertiary/aromatic N) is 1. The fourth-order valence-corrected chi connectivity index (χ4v) is 1.20. The molecule has 0 atom stereocenters. The number of hydrogen-bond donors (Lipinski definition) is 2. The molecule has 68 valence electrons. The molecule has 0 unspecified atom stereocenters. The van der Waals surface area contributed by atoms with E-state index in [1.165, 1.54) is 4.90 Å². The Labute approximate surface area is 69.6 Å². The van der Waals surface area contributed by atoms with Crippen LogP contribution in [0.3, 0.4) is 0 Å². The Morgan fingerprint density at radius 2 is 1.75 bits per heavy atom. The molecule has 1 heterocycles. The molecule has 2 N–H and O–H groups in total. The van der Waals surface area contributed by atoms with Crippen molar-refractivity contribution in [1.82, 2.24) is 4.90 Å². The topological polar surface area (TPSA) is 77.8 Å². The van der Waals surface area contributed by atoms with Crippen LogP contribution in [0, 0.1) is 0 Å². The van der Waals surface area contributed by atoms with Gasteiger partial charge in [-0.1, -0.05) is 0 Å². The van der Waals surface area contributed by atoms with Crippen molar-refractivity contribution in [1.29, 1.82) is 0 Å². The van der Waals surface area contributed by atoms with E-state index in [1.54, 1.807) is 0 Å². The van der Waals surface area contributed by atoms with Gasteiger partial charge in [-0.3, -0.25) is 4.79 Å². The molecule has 0 saturated carbocycles. The summed E-state index contributed by atoms with van der Waals surface area (Å²) in [5.74, 6) is -2.30. The van der Waals surface area contributed by atoms with Gasteiger partial charge in [-0.25, -0.2) is 4.79 Å². The zero-order valence-electron chi connectivity index (χ0n) is 6.56. The molecule has 1 saturated heterocycles. The third kappa shape index (κ3) is 1.94. The van der Waals surface area contributed by atoms with Gasteiger partial charge in [-0.05, 0) is 12.8 Å². The molecule has 0 bridgehead atoms. The minimum absolute atomic E-state index is 0.340. The third-order valence-corrected chi connectivity index (χ3v) is 1.93. The van der Waals surface area contributed by atoms with Crippen LogP contribution in [0.5, 0.6) is 0 Å². The molecule has 1 amide bonds. The second-order valence-electron chi connectivity index (χ2n) is 2.83. The Hall–Kier alpha value is -1.10. The average molecular weight is 173 g/mol. The van der Waals surface area contributed by atoms with Crippen molar-refractivity contribution in [2.45, 2.75) is 18.9 Å². The molecule has 0 aliphatic carbocycles. The lowest BCUT2D eigenvalue weighted by Gasteiger charge is -2.27. The standard InChI is InChI=1S/C7H11NO4/c9-5-1-3-8(4-2-5)6(10)7(11)12/h5,9H,1-4H2,(H,11,12). The Balaban J connectivity index is 2.44. The summed E-state index contributed by atoms with van der Waals surface area (Å²) in [6.07, 6.45) is 0.556. The van der Waals surface area contributed by atoms with E-state index < -0.39 is 11.9 Å². The molecule has 1 aliphatic heterocycles. The van der Waals surface area contributed by atoms with Crippen LogP contribution in [0.1, 0.15) is 12.8 Å². The predicted molar refractivity (Wildman–Crippen MR) is 39.5 cm³/mol. The lowest BCUT2D eigenvalue weighted by Crippen LogP contribution is -2.43. The van der Waals surface area contributed by atoms with Gasteiger partial charge in [0.15, 0.2) is 0 Å². The molecule has 0 aromatic rings. The van der Waals surface area contributed by atoms with E-state index in [-0.39, 0.29) is 6.10 Å². The van der Waals surface area contributed by atoms with Crippen molar-refractivity contribution in [3.63, 3.8) is 0 Å². The normalized spacial score (nSPS) is 19.2. The van der Waals surface area contributed by atoms with Gasteiger partial charge in [0.05, 0.1) is 6.10 Å². The summed E-state index contributed by atoms with van der Waals surface area (Å²) in [6, 6.07) is 0. The van der Waals surface area contributed by atoms with Crippen molar-refractivity contribution in [3.05, 3.63) is 0 Å². The highest BCUT2D eigenvalue weighted by molar-refractivity contribution is 6.31.